The van der Waals surface area contributed by atoms with E-state index in [1.54, 1.807) is 35.2 Å². The van der Waals surface area contributed by atoms with E-state index in [4.69, 9.17) is 0 Å². The smallest absolute Gasteiger partial charge is 0.269 e. The maximum absolute atomic E-state index is 13.1. The lowest BCUT2D eigenvalue weighted by Gasteiger charge is -2.35. The van der Waals surface area contributed by atoms with E-state index in [0.717, 1.165) is 24.8 Å². The molecule has 2 fully saturated rings. The highest BCUT2D eigenvalue weighted by Gasteiger charge is 2.28. The van der Waals surface area contributed by atoms with Crippen molar-refractivity contribution in [2.75, 3.05) is 39.3 Å². The predicted molar refractivity (Wildman–Crippen MR) is 123 cm³/mol. The molecule has 33 heavy (non-hydrogen) atoms. The van der Waals surface area contributed by atoms with Crippen molar-refractivity contribution in [1.29, 1.82) is 0 Å². The van der Waals surface area contributed by atoms with E-state index < -0.39 is 14.9 Å². The second kappa shape index (κ2) is 9.98. The molecule has 0 saturated carbocycles. The van der Waals surface area contributed by atoms with Gasteiger partial charge in [0.15, 0.2) is 0 Å². The van der Waals surface area contributed by atoms with Crippen LogP contribution >= 0.6 is 0 Å². The molecular weight excluding hydrogens is 444 g/mol. The molecule has 2 aromatic rings. The second-order valence-electron chi connectivity index (χ2n) is 8.49. The third-order valence-electron chi connectivity index (χ3n) is 6.22. The Morgan fingerprint density at radius 2 is 1.61 bits per heavy atom. The predicted octanol–water partition coefficient (Wildman–Crippen LogP) is 2.73. The number of nitrogens with zero attached hydrogens (tertiary/aromatic N) is 4. The topological polar surface area (TPSA) is 104 Å². The van der Waals surface area contributed by atoms with Crippen molar-refractivity contribution in [2.24, 2.45) is 0 Å². The summed E-state index contributed by atoms with van der Waals surface area (Å²) in [4.78, 5) is 27.7. The summed E-state index contributed by atoms with van der Waals surface area (Å²) in [5.74, 6) is -0.180. The lowest BCUT2D eigenvalue weighted by Crippen LogP contribution is -2.48. The monoisotopic (exact) mass is 472 g/mol. The molecule has 0 bridgehead atoms. The zero-order chi connectivity index (χ0) is 23.4. The molecule has 0 N–H and O–H groups in total. The van der Waals surface area contributed by atoms with Crippen molar-refractivity contribution >= 4 is 21.6 Å². The van der Waals surface area contributed by atoms with Gasteiger partial charge in [0.1, 0.15) is 0 Å². The van der Waals surface area contributed by atoms with Crippen molar-refractivity contribution in [3.63, 3.8) is 0 Å². The van der Waals surface area contributed by atoms with Gasteiger partial charge >= 0.3 is 0 Å². The summed E-state index contributed by atoms with van der Waals surface area (Å²) < 4.78 is 27.5. The number of non-ortho nitro benzene ring substituents is 1. The molecule has 0 unspecified atom stereocenters. The summed E-state index contributed by atoms with van der Waals surface area (Å²) in [6.07, 6.45) is 2.76. The maximum Gasteiger partial charge on any atom is 0.269 e. The number of amides is 1. The van der Waals surface area contributed by atoms with Gasteiger partial charge in [0.2, 0.25) is 10.0 Å². The molecule has 0 atom stereocenters. The first-order chi connectivity index (χ1) is 15.8. The Balaban J connectivity index is 1.38. The molecule has 2 heterocycles. The molecule has 9 nitrogen and oxygen atoms in total. The van der Waals surface area contributed by atoms with Gasteiger partial charge in [0, 0.05) is 63.5 Å². The van der Waals surface area contributed by atoms with Crippen molar-refractivity contribution in [3.8, 4) is 0 Å². The number of benzene rings is 2. The molecule has 176 valence electrons. The number of carbonyl (C=O) groups excluding carboxylic acids is 1. The average Bonchev–Trinajstić information content (AvgIpc) is 2.85. The first kappa shape index (κ1) is 23.3. The minimum absolute atomic E-state index is 0.0701. The summed E-state index contributed by atoms with van der Waals surface area (Å²) in [6, 6.07) is 12.9. The summed E-state index contributed by atoms with van der Waals surface area (Å²) in [7, 11) is -3.60. The fourth-order valence-corrected chi connectivity index (χ4v) is 5.93. The molecule has 0 spiro atoms. The highest BCUT2D eigenvalue weighted by Crippen LogP contribution is 2.22. The van der Waals surface area contributed by atoms with E-state index >= 15 is 0 Å². The standard InChI is InChI=1S/C23H28N4O5S/c28-23(20-7-5-9-22(17-20)33(31,32)26-10-2-1-3-11-26)25-14-12-24(13-15-25)18-19-6-4-8-21(16-19)27(29)30/h4-9,16-17H,1-3,10-15,18H2. The van der Waals surface area contributed by atoms with Crippen LogP contribution < -0.4 is 0 Å². The van der Waals surface area contributed by atoms with Gasteiger partial charge in [-0.1, -0.05) is 24.6 Å². The molecule has 0 aliphatic carbocycles. The number of piperazine rings is 1. The van der Waals surface area contributed by atoms with Crippen LogP contribution in [0.1, 0.15) is 35.2 Å². The summed E-state index contributed by atoms with van der Waals surface area (Å²) in [5.41, 5.74) is 1.31. The van der Waals surface area contributed by atoms with Gasteiger partial charge in [-0.2, -0.15) is 4.31 Å². The molecule has 2 aromatic carbocycles. The highest BCUT2D eigenvalue weighted by atomic mass is 32.2. The second-order valence-corrected chi connectivity index (χ2v) is 10.4. The van der Waals surface area contributed by atoms with Crippen molar-refractivity contribution in [3.05, 3.63) is 69.8 Å². The highest BCUT2D eigenvalue weighted by molar-refractivity contribution is 7.89. The number of hydrogen-bond donors (Lipinski definition) is 0. The molecule has 2 aliphatic rings. The van der Waals surface area contributed by atoms with Gasteiger partial charge in [-0.3, -0.25) is 19.8 Å². The van der Waals surface area contributed by atoms with Crippen LogP contribution in [0.5, 0.6) is 0 Å². The lowest BCUT2D eigenvalue weighted by molar-refractivity contribution is -0.384. The van der Waals surface area contributed by atoms with Crippen molar-refractivity contribution in [2.45, 2.75) is 30.7 Å². The van der Waals surface area contributed by atoms with E-state index in [0.29, 0.717) is 51.4 Å². The summed E-state index contributed by atoms with van der Waals surface area (Å²) in [5, 5.41) is 11.0. The Labute approximate surface area is 193 Å². The Bertz CT molecular complexity index is 1120. The average molecular weight is 473 g/mol. The van der Waals surface area contributed by atoms with Gasteiger partial charge in [-0.05, 0) is 36.6 Å². The van der Waals surface area contributed by atoms with E-state index in [-0.39, 0.29) is 16.5 Å². The molecule has 1 amide bonds. The number of rotatable bonds is 6. The number of nitro benzene ring substituents is 1. The quantitative estimate of drug-likeness (QED) is 0.473. The lowest BCUT2D eigenvalue weighted by atomic mass is 10.1. The summed E-state index contributed by atoms with van der Waals surface area (Å²) in [6.45, 7) is 3.92. The fourth-order valence-electron chi connectivity index (χ4n) is 4.36. The number of nitro groups is 1. The molecule has 10 heteroatoms. The number of hydrogen-bond acceptors (Lipinski definition) is 6. The Morgan fingerprint density at radius 1 is 0.909 bits per heavy atom. The van der Waals surface area contributed by atoms with E-state index in [2.05, 4.69) is 4.90 Å². The zero-order valence-electron chi connectivity index (χ0n) is 18.4. The Kier molecular flexibility index (Phi) is 7.06. The molecule has 4 rings (SSSR count). The van der Waals surface area contributed by atoms with E-state index in [1.807, 2.05) is 6.07 Å². The van der Waals surface area contributed by atoms with E-state index in [9.17, 15) is 23.3 Å². The van der Waals surface area contributed by atoms with Crippen LogP contribution in [0.25, 0.3) is 0 Å². The minimum Gasteiger partial charge on any atom is -0.336 e. The van der Waals surface area contributed by atoms with Gasteiger partial charge < -0.3 is 4.90 Å². The fraction of sp³-hybridized carbons (Fsp3) is 0.435. The van der Waals surface area contributed by atoms with Crippen LogP contribution in [0.3, 0.4) is 0 Å². The maximum atomic E-state index is 13.1. The van der Waals surface area contributed by atoms with Gasteiger partial charge in [0.25, 0.3) is 11.6 Å². The largest absolute Gasteiger partial charge is 0.336 e. The first-order valence-electron chi connectivity index (χ1n) is 11.2. The number of carbonyl (C=O) groups is 1. The van der Waals surface area contributed by atoms with Crippen LogP contribution in [-0.2, 0) is 16.6 Å². The molecule has 2 aliphatic heterocycles. The third kappa shape index (κ3) is 5.40. The molecule has 2 saturated heterocycles. The molecule has 0 radical (unpaired) electrons. The van der Waals surface area contributed by atoms with Crippen LogP contribution in [0.15, 0.2) is 53.4 Å². The van der Waals surface area contributed by atoms with Gasteiger partial charge in [-0.25, -0.2) is 8.42 Å². The van der Waals surface area contributed by atoms with Crippen LogP contribution in [0.2, 0.25) is 0 Å². The third-order valence-corrected chi connectivity index (χ3v) is 8.12. The van der Waals surface area contributed by atoms with Crippen molar-refractivity contribution < 1.29 is 18.1 Å². The zero-order valence-corrected chi connectivity index (χ0v) is 19.2. The van der Waals surface area contributed by atoms with E-state index in [1.165, 1.54) is 16.4 Å². The number of sulfonamides is 1. The van der Waals surface area contributed by atoms with Crippen molar-refractivity contribution in [1.82, 2.24) is 14.1 Å². The SMILES string of the molecule is O=C(c1cccc(S(=O)(=O)N2CCCCC2)c1)N1CCN(Cc2cccc([N+](=O)[O-])c2)CC1. The Morgan fingerprint density at radius 3 is 2.30 bits per heavy atom. The van der Waals surface area contributed by atoms with Crippen LogP contribution in [0.4, 0.5) is 5.69 Å². The van der Waals surface area contributed by atoms with Crippen LogP contribution in [0, 0.1) is 10.1 Å². The van der Waals surface area contributed by atoms with Gasteiger partial charge in [-0.15, -0.1) is 0 Å². The number of piperidine rings is 1. The Hall–Kier alpha value is -2.82. The first-order valence-corrected chi connectivity index (χ1v) is 12.6. The minimum atomic E-state index is -3.60. The molecular formula is C23H28N4O5S. The summed E-state index contributed by atoms with van der Waals surface area (Å²) >= 11 is 0. The van der Waals surface area contributed by atoms with Gasteiger partial charge in [0.05, 0.1) is 9.82 Å². The molecule has 0 aromatic heterocycles. The normalized spacial score (nSPS) is 18.2. The van der Waals surface area contributed by atoms with Crippen LogP contribution in [-0.4, -0.2) is 72.6 Å².